The van der Waals surface area contributed by atoms with Gasteiger partial charge in [0.2, 0.25) is 5.75 Å². The third-order valence-electron chi connectivity index (χ3n) is 6.39. The predicted molar refractivity (Wildman–Crippen MR) is 132 cm³/mol. The van der Waals surface area contributed by atoms with Gasteiger partial charge in [0, 0.05) is 49.7 Å². The van der Waals surface area contributed by atoms with Crippen LogP contribution in [0.5, 0.6) is 5.75 Å². The van der Waals surface area contributed by atoms with Gasteiger partial charge in [-0.05, 0) is 36.6 Å². The van der Waals surface area contributed by atoms with Gasteiger partial charge in [-0.1, -0.05) is 36.2 Å². The van der Waals surface area contributed by atoms with Crippen LogP contribution in [0.4, 0.5) is 10.1 Å². The molecule has 1 saturated heterocycles. The number of benzene rings is 1. The van der Waals surface area contributed by atoms with E-state index < -0.39 is 12.1 Å². The van der Waals surface area contributed by atoms with E-state index in [9.17, 15) is 9.18 Å². The molecule has 2 aromatic heterocycles. The summed E-state index contributed by atoms with van der Waals surface area (Å²) in [5, 5.41) is 4.44. The fraction of sp³-hybridized carbons (Fsp3) is 0.400. The molecule has 0 spiro atoms. The highest BCUT2D eigenvalue weighted by Gasteiger charge is 2.44. The number of anilines is 1. The minimum Gasteiger partial charge on any atom is -0.486 e. The molecule has 1 aliphatic carbocycles. The standard InChI is InChI=1S/C25H28FN5O2S/c26-18-25(8-9-25)19-33-23-22(16-28-31(24(23)32)21-6-2-1-3-7-21)29-11-13-30(14-12-29)34-17-20-5-4-10-27-15-20/h1-7,10,15-16H,8-9,11-14,17-19H2. The maximum absolute atomic E-state index is 13.5. The number of para-hydroxylation sites is 1. The van der Waals surface area contributed by atoms with E-state index in [0.29, 0.717) is 11.4 Å². The lowest BCUT2D eigenvalue weighted by atomic mass is 10.1. The van der Waals surface area contributed by atoms with Crippen LogP contribution < -0.4 is 15.2 Å². The van der Waals surface area contributed by atoms with Crippen molar-refractivity contribution in [2.75, 3.05) is 44.4 Å². The zero-order chi connectivity index (χ0) is 23.4. The molecule has 9 heteroatoms. The third-order valence-corrected chi connectivity index (χ3v) is 7.59. The average molecular weight is 482 g/mol. The Balaban J connectivity index is 1.32. The molecule has 1 saturated carbocycles. The minimum atomic E-state index is -0.438. The minimum absolute atomic E-state index is 0.214. The fourth-order valence-corrected chi connectivity index (χ4v) is 4.89. The second-order valence-corrected chi connectivity index (χ2v) is 9.95. The number of nitrogens with zero attached hydrogens (tertiary/aromatic N) is 5. The number of halogens is 1. The van der Waals surface area contributed by atoms with Gasteiger partial charge in [0.15, 0.2) is 0 Å². The van der Waals surface area contributed by atoms with E-state index >= 15 is 0 Å². The smallest absolute Gasteiger partial charge is 0.316 e. The number of ether oxygens (including phenoxy) is 1. The molecule has 1 aliphatic heterocycles. The van der Waals surface area contributed by atoms with Gasteiger partial charge in [-0.2, -0.15) is 9.78 Å². The number of pyridine rings is 1. The molecule has 3 aromatic rings. The highest BCUT2D eigenvalue weighted by molar-refractivity contribution is 7.96. The Kier molecular flexibility index (Phi) is 6.82. The second-order valence-electron chi connectivity index (χ2n) is 8.88. The first-order valence-electron chi connectivity index (χ1n) is 11.6. The van der Waals surface area contributed by atoms with Crippen LogP contribution in [-0.2, 0) is 5.75 Å². The van der Waals surface area contributed by atoms with E-state index in [4.69, 9.17) is 4.74 Å². The second kappa shape index (κ2) is 10.1. The zero-order valence-corrected chi connectivity index (χ0v) is 19.8. The first kappa shape index (κ1) is 22.9. The maximum Gasteiger partial charge on any atom is 0.316 e. The fourth-order valence-electron chi connectivity index (χ4n) is 3.97. The van der Waals surface area contributed by atoms with Crippen LogP contribution in [0.1, 0.15) is 18.4 Å². The topological polar surface area (TPSA) is 63.5 Å². The Morgan fingerprint density at radius 1 is 1.03 bits per heavy atom. The summed E-state index contributed by atoms with van der Waals surface area (Å²) < 4.78 is 23.2. The first-order chi connectivity index (χ1) is 16.7. The van der Waals surface area contributed by atoms with Crippen molar-refractivity contribution in [3.63, 3.8) is 0 Å². The molecular weight excluding hydrogens is 453 g/mol. The normalized spacial score (nSPS) is 17.5. The highest BCUT2D eigenvalue weighted by Crippen LogP contribution is 2.46. The zero-order valence-electron chi connectivity index (χ0n) is 19.0. The lowest BCUT2D eigenvalue weighted by molar-refractivity contribution is 0.197. The number of rotatable bonds is 9. The first-order valence-corrected chi connectivity index (χ1v) is 12.5. The van der Waals surface area contributed by atoms with Gasteiger partial charge < -0.3 is 9.64 Å². The Hall–Kier alpha value is -2.91. The van der Waals surface area contributed by atoms with Crippen LogP contribution >= 0.6 is 11.9 Å². The van der Waals surface area contributed by atoms with E-state index in [0.717, 1.165) is 44.8 Å². The Labute approximate surface area is 202 Å². The predicted octanol–water partition coefficient (Wildman–Crippen LogP) is 3.73. The molecule has 34 heavy (non-hydrogen) atoms. The van der Waals surface area contributed by atoms with Crippen molar-refractivity contribution in [2.45, 2.75) is 18.6 Å². The van der Waals surface area contributed by atoms with Gasteiger partial charge in [0.05, 0.1) is 25.2 Å². The summed E-state index contributed by atoms with van der Waals surface area (Å²) in [4.78, 5) is 19.7. The van der Waals surface area contributed by atoms with Crippen molar-refractivity contribution in [2.24, 2.45) is 5.41 Å². The number of hydrogen-bond acceptors (Lipinski definition) is 7. The van der Waals surface area contributed by atoms with Crippen molar-refractivity contribution in [1.29, 1.82) is 0 Å². The molecule has 0 amide bonds. The third kappa shape index (κ3) is 5.10. The molecule has 2 aliphatic rings. The lowest BCUT2D eigenvalue weighted by Crippen LogP contribution is -2.44. The summed E-state index contributed by atoms with van der Waals surface area (Å²) in [6.45, 7) is 2.99. The molecule has 0 unspecified atom stereocenters. The number of alkyl halides is 1. The molecule has 0 atom stereocenters. The van der Waals surface area contributed by atoms with Crippen LogP contribution in [0, 0.1) is 5.41 Å². The number of aromatic nitrogens is 3. The van der Waals surface area contributed by atoms with E-state index in [1.54, 1.807) is 24.3 Å². The SMILES string of the molecule is O=c1c(OCC2(CF)CC2)c(N2CCN(SCc3cccnc3)CC2)cnn1-c1ccccc1. The van der Waals surface area contributed by atoms with Crippen molar-refractivity contribution in [1.82, 2.24) is 19.1 Å². The van der Waals surface area contributed by atoms with E-state index in [1.807, 2.05) is 42.6 Å². The van der Waals surface area contributed by atoms with E-state index in [-0.39, 0.29) is 17.9 Å². The summed E-state index contributed by atoms with van der Waals surface area (Å²) in [5.74, 6) is 1.14. The number of hydrogen-bond donors (Lipinski definition) is 0. The summed E-state index contributed by atoms with van der Waals surface area (Å²) in [6.07, 6.45) is 6.97. The van der Waals surface area contributed by atoms with Gasteiger partial charge in [0.1, 0.15) is 5.69 Å². The molecule has 5 rings (SSSR count). The Morgan fingerprint density at radius 2 is 1.82 bits per heavy atom. The van der Waals surface area contributed by atoms with Crippen molar-refractivity contribution >= 4 is 17.6 Å². The molecule has 0 radical (unpaired) electrons. The van der Waals surface area contributed by atoms with Gasteiger partial charge in [-0.3, -0.25) is 14.2 Å². The molecule has 7 nitrogen and oxygen atoms in total. The van der Waals surface area contributed by atoms with Gasteiger partial charge >= 0.3 is 5.56 Å². The van der Waals surface area contributed by atoms with Crippen molar-refractivity contribution < 1.29 is 9.13 Å². The monoisotopic (exact) mass is 481 g/mol. The van der Waals surface area contributed by atoms with Gasteiger partial charge in [-0.25, -0.2) is 4.31 Å². The van der Waals surface area contributed by atoms with Crippen molar-refractivity contribution in [3.05, 3.63) is 77.0 Å². The molecular formula is C25H28FN5O2S. The quantitative estimate of drug-likeness (QED) is 0.432. The Bertz CT molecular complexity index is 1150. The molecule has 2 fully saturated rings. The summed E-state index contributed by atoms with van der Waals surface area (Å²) in [6, 6.07) is 13.3. The summed E-state index contributed by atoms with van der Waals surface area (Å²) in [7, 11) is 0. The van der Waals surface area contributed by atoms with Gasteiger partial charge in [0.25, 0.3) is 0 Å². The summed E-state index contributed by atoms with van der Waals surface area (Å²) in [5.41, 5.74) is 1.80. The lowest BCUT2D eigenvalue weighted by Gasteiger charge is -2.35. The number of piperazine rings is 1. The van der Waals surface area contributed by atoms with E-state index in [2.05, 4.69) is 25.4 Å². The van der Waals surface area contributed by atoms with Crippen molar-refractivity contribution in [3.8, 4) is 11.4 Å². The molecule has 0 N–H and O–H groups in total. The van der Waals surface area contributed by atoms with Crippen LogP contribution in [0.3, 0.4) is 0 Å². The average Bonchev–Trinajstić information content (AvgIpc) is 3.68. The van der Waals surface area contributed by atoms with E-state index in [1.165, 1.54) is 10.2 Å². The highest BCUT2D eigenvalue weighted by atomic mass is 32.2. The summed E-state index contributed by atoms with van der Waals surface area (Å²) >= 11 is 1.79. The van der Waals surface area contributed by atoms with Crippen LogP contribution in [0.15, 0.2) is 65.8 Å². The Morgan fingerprint density at radius 3 is 2.50 bits per heavy atom. The molecule has 0 bridgehead atoms. The van der Waals surface area contributed by atoms with Gasteiger partial charge in [-0.15, -0.1) is 0 Å². The molecule has 3 heterocycles. The largest absolute Gasteiger partial charge is 0.486 e. The van der Waals surface area contributed by atoms with Crippen LogP contribution in [0.25, 0.3) is 5.69 Å². The molecule has 1 aromatic carbocycles. The van der Waals surface area contributed by atoms with Crippen LogP contribution in [0.2, 0.25) is 0 Å². The van der Waals surface area contributed by atoms with Crippen LogP contribution in [-0.4, -0.2) is 58.5 Å². The molecule has 178 valence electrons. The maximum atomic E-state index is 13.5.